The number of benzene rings is 1. The van der Waals surface area contributed by atoms with Gasteiger partial charge in [-0.1, -0.05) is 23.2 Å². The van der Waals surface area contributed by atoms with Gasteiger partial charge in [0, 0.05) is 5.92 Å². The molecule has 0 aliphatic heterocycles. The van der Waals surface area contributed by atoms with Crippen molar-refractivity contribution in [1.82, 2.24) is 0 Å². The van der Waals surface area contributed by atoms with Crippen LogP contribution in [0.5, 0.6) is 0 Å². The minimum absolute atomic E-state index is 0.108. The number of hydrogen-bond acceptors (Lipinski definition) is 0. The third kappa shape index (κ3) is 1.44. The van der Waals surface area contributed by atoms with Crippen molar-refractivity contribution in [3.8, 4) is 0 Å². The van der Waals surface area contributed by atoms with Gasteiger partial charge in [0.15, 0.2) is 5.82 Å². The molecular weight excluding hydrogens is 198 g/mol. The molecule has 0 unspecified atom stereocenters. The average molecular weight is 204 g/mol. The van der Waals surface area contributed by atoms with Gasteiger partial charge in [-0.3, -0.25) is 0 Å². The van der Waals surface area contributed by atoms with E-state index in [1.165, 1.54) is 5.92 Å². The van der Waals surface area contributed by atoms with Gasteiger partial charge in [-0.25, -0.2) is 4.39 Å². The fourth-order valence-electron chi connectivity index (χ4n) is 1.11. The quantitative estimate of drug-likeness (QED) is 0.609. The molecule has 1 aromatic rings. The van der Waals surface area contributed by atoms with Crippen molar-refractivity contribution < 1.29 is 4.39 Å². The summed E-state index contributed by atoms with van der Waals surface area (Å²) in [6, 6.07) is 3.26. The van der Waals surface area contributed by atoms with Gasteiger partial charge in [0.2, 0.25) is 0 Å². The summed E-state index contributed by atoms with van der Waals surface area (Å²) in [4.78, 5) is 0. The minimum Gasteiger partial charge on any atom is -0.204 e. The van der Waals surface area contributed by atoms with Crippen molar-refractivity contribution in [1.29, 1.82) is 0 Å². The molecule has 63 valence electrons. The first-order valence-corrected chi connectivity index (χ1v) is 4.43. The predicted molar refractivity (Wildman–Crippen MR) is 48.0 cm³/mol. The predicted octanol–water partition coefficient (Wildman–Crippen LogP) is 3.85. The molecule has 0 saturated heterocycles. The third-order valence-electron chi connectivity index (χ3n) is 1.89. The van der Waals surface area contributed by atoms with Crippen LogP contribution in [-0.4, -0.2) is 0 Å². The van der Waals surface area contributed by atoms with E-state index in [1.807, 2.05) is 0 Å². The highest BCUT2D eigenvalue weighted by atomic mass is 35.5. The molecule has 12 heavy (non-hydrogen) atoms. The molecule has 1 aliphatic carbocycles. The lowest BCUT2D eigenvalue weighted by Crippen LogP contribution is -1.85. The SMILES string of the molecule is Fc1c(Cl)cc([C]2CC2)cc1Cl. The Morgan fingerprint density at radius 1 is 1.08 bits per heavy atom. The lowest BCUT2D eigenvalue weighted by atomic mass is 10.1. The van der Waals surface area contributed by atoms with E-state index in [2.05, 4.69) is 0 Å². The molecule has 0 aromatic heterocycles. The highest BCUT2D eigenvalue weighted by Crippen LogP contribution is 2.41. The molecule has 1 fully saturated rings. The van der Waals surface area contributed by atoms with Crippen LogP contribution in [0.15, 0.2) is 12.1 Å². The van der Waals surface area contributed by atoms with Crippen molar-refractivity contribution in [2.45, 2.75) is 12.8 Å². The summed E-state index contributed by atoms with van der Waals surface area (Å²) in [5.41, 5.74) is 0.978. The van der Waals surface area contributed by atoms with Crippen molar-refractivity contribution in [2.24, 2.45) is 0 Å². The standard InChI is InChI=1S/C9H6Cl2F/c10-7-3-6(5-1-2-5)4-8(11)9(7)12/h3-4H,1-2H2. The van der Waals surface area contributed by atoms with Crippen LogP contribution in [0, 0.1) is 11.7 Å². The van der Waals surface area contributed by atoms with Gasteiger partial charge >= 0.3 is 0 Å². The van der Waals surface area contributed by atoms with E-state index in [0.717, 1.165) is 18.4 Å². The summed E-state index contributed by atoms with van der Waals surface area (Å²) in [5, 5.41) is 0.216. The number of halogens is 3. The van der Waals surface area contributed by atoms with Gasteiger partial charge in [-0.05, 0) is 30.5 Å². The molecule has 1 radical (unpaired) electrons. The van der Waals surface area contributed by atoms with Gasteiger partial charge in [-0.15, -0.1) is 0 Å². The van der Waals surface area contributed by atoms with Gasteiger partial charge in [0.1, 0.15) is 0 Å². The van der Waals surface area contributed by atoms with Crippen molar-refractivity contribution in [3.63, 3.8) is 0 Å². The van der Waals surface area contributed by atoms with Crippen LogP contribution in [0.4, 0.5) is 4.39 Å². The maximum atomic E-state index is 12.9. The maximum absolute atomic E-state index is 12.9. The molecule has 2 rings (SSSR count). The Morgan fingerprint density at radius 3 is 2.00 bits per heavy atom. The lowest BCUT2D eigenvalue weighted by Gasteiger charge is -2.01. The highest BCUT2D eigenvalue weighted by Gasteiger charge is 2.25. The van der Waals surface area contributed by atoms with E-state index in [0.29, 0.717) is 0 Å². The summed E-state index contributed by atoms with van der Waals surface area (Å²) < 4.78 is 12.9. The molecule has 0 nitrogen and oxygen atoms in total. The Hall–Kier alpha value is -0.270. The van der Waals surface area contributed by atoms with E-state index in [-0.39, 0.29) is 10.0 Å². The third-order valence-corrected chi connectivity index (χ3v) is 2.44. The Balaban J connectivity index is 2.45. The van der Waals surface area contributed by atoms with Gasteiger partial charge < -0.3 is 0 Å². The largest absolute Gasteiger partial charge is 0.204 e. The molecule has 0 amide bonds. The molecule has 0 atom stereocenters. The van der Waals surface area contributed by atoms with Crippen LogP contribution in [0.3, 0.4) is 0 Å². The van der Waals surface area contributed by atoms with Crippen LogP contribution >= 0.6 is 23.2 Å². The zero-order valence-electron chi connectivity index (χ0n) is 6.20. The van der Waals surface area contributed by atoms with Crippen molar-refractivity contribution in [2.75, 3.05) is 0 Å². The van der Waals surface area contributed by atoms with E-state index < -0.39 is 5.82 Å². The molecule has 0 spiro atoms. The summed E-state index contributed by atoms with van der Waals surface area (Å²) >= 11 is 11.2. The lowest BCUT2D eigenvalue weighted by molar-refractivity contribution is 0.628. The van der Waals surface area contributed by atoms with E-state index in [1.54, 1.807) is 12.1 Å². The van der Waals surface area contributed by atoms with Gasteiger partial charge in [-0.2, -0.15) is 0 Å². The van der Waals surface area contributed by atoms with Crippen LogP contribution in [0.1, 0.15) is 18.4 Å². The van der Waals surface area contributed by atoms with E-state index in [9.17, 15) is 4.39 Å². The monoisotopic (exact) mass is 203 g/mol. The summed E-state index contributed by atoms with van der Waals surface area (Å²) in [6.45, 7) is 0. The van der Waals surface area contributed by atoms with Gasteiger partial charge in [0.05, 0.1) is 10.0 Å². The molecule has 1 saturated carbocycles. The molecule has 1 aromatic carbocycles. The van der Waals surface area contributed by atoms with Crippen molar-refractivity contribution >= 4 is 23.2 Å². The topological polar surface area (TPSA) is 0 Å². The maximum Gasteiger partial charge on any atom is 0.160 e. The van der Waals surface area contributed by atoms with E-state index in [4.69, 9.17) is 23.2 Å². The smallest absolute Gasteiger partial charge is 0.160 e. The Kier molecular flexibility index (Phi) is 2.01. The molecule has 3 heteroatoms. The second-order valence-corrected chi connectivity index (χ2v) is 3.67. The first-order valence-electron chi connectivity index (χ1n) is 3.68. The molecule has 0 bridgehead atoms. The van der Waals surface area contributed by atoms with Gasteiger partial charge in [0.25, 0.3) is 0 Å². The van der Waals surface area contributed by atoms with E-state index >= 15 is 0 Å². The van der Waals surface area contributed by atoms with Crippen LogP contribution in [-0.2, 0) is 0 Å². The summed E-state index contributed by atoms with van der Waals surface area (Å²) in [7, 11) is 0. The zero-order chi connectivity index (χ0) is 8.72. The second-order valence-electron chi connectivity index (χ2n) is 2.86. The molecule has 1 aliphatic rings. The summed E-state index contributed by atoms with van der Waals surface area (Å²) in [5.74, 6) is 0.780. The minimum atomic E-state index is -0.525. The van der Waals surface area contributed by atoms with Crippen LogP contribution in [0.2, 0.25) is 10.0 Å². The average Bonchev–Trinajstić information content (AvgIpc) is 2.81. The Morgan fingerprint density at radius 2 is 1.58 bits per heavy atom. The zero-order valence-corrected chi connectivity index (χ0v) is 7.71. The number of hydrogen-bond donors (Lipinski definition) is 0. The highest BCUT2D eigenvalue weighted by molar-refractivity contribution is 6.35. The molecule has 0 heterocycles. The normalized spacial score (nSPS) is 16.6. The first-order chi connectivity index (χ1) is 5.68. The van der Waals surface area contributed by atoms with Crippen LogP contribution in [0.25, 0.3) is 0 Å². The second kappa shape index (κ2) is 2.90. The van der Waals surface area contributed by atoms with Crippen LogP contribution < -0.4 is 0 Å². The summed E-state index contributed by atoms with van der Waals surface area (Å²) in [6.07, 6.45) is 2.16. The Bertz CT molecular complexity index is 295. The number of rotatable bonds is 1. The molecular formula is C9H6Cl2F. The van der Waals surface area contributed by atoms with Crippen molar-refractivity contribution in [3.05, 3.63) is 39.5 Å². The fraction of sp³-hybridized carbons (Fsp3) is 0.222. The fourth-order valence-corrected chi connectivity index (χ4v) is 1.60. The first kappa shape index (κ1) is 8.33. The molecule has 0 N–H and O–H groups in total. The Labute approximate surface area is 80.3 Å².